The number of alkyl halides is 4. The minimum atomic E-state index is -4.38. The summed E-state index contributed by atoms with van der Waals surface area (Å²) in [7, 11) is 0. The van der Waals surface area contributed by atoms with E-state index in [0.29, 0.717) is 36.9 Å². The Morgan fingerprint density at radius 3 is 2.31 bits per heavy atom. The van der Waals surface area contributed by atoms with Crippen molar-refractivity contribution in [1.29, 1.82) is 0 Å². The van der Waals surface area contributed by atoms with Gasteiger partial charge in [-0.2, -0.15) is 13.2 Å². The summed E-state index contributed by atoms with van der Waals surface area (Å²) >= 11 is 0. The lowest BCUT2D eigenvalue weighted by Gasteiger charge is -2.36. The van der Waals surface area contributed by atoms with Gasteiger partial charge in [-0.1, -0.05) is 6.07 Å². The number of hydrogen-bond acceptors (Lipinski definition) is 3. The minimum Gasteiger partial charge on any atom is -0.490 e. The Labute approximate surface area is 183 Å². The largest absolute Gasteiger partial charge is 0.490 e. The predicted octanol–water partition coefficient (Wildman–Crippen LogP) is 5.66. The van der Waals surface area contributed by atoms with Gasteiger partial charge in [-0.3, -0.25) is 4.90 Å². The highest BCUT2D eigenvalue weighted by Crippen LogP contribution is 2.43. The standard InChI is InChI=1S/C24H25F4NO3/c25-23(15-32-20-6-3-17(4-7-20)22(30)31)9-11-29(12-10-23)14-18-13-19(24(26,27)28)5-8-21(18)16-1-2-16/h3-8,13,16H,1-2,9-12,14-15H2,(H,30,31). The Morgan fingerprint density at radius 2 is 1.75 bits per heavy atom. The molecule has 2 fully saturated rings. The van der Waals surface area contributed by atoms with Crippen LogP contribution in [0.5, 0.6) is 5.75 Å². The van der Waals surface area contributed by atoms with Crippen molar-refractivity contribution in [1.82, 2.24) is 4.90 Å². The number of carboxylic acid groups (broad SMARTS) is 1. The Balaban J connectivity index is 1.35. The Kier molecular flexibility index (Phi) is 6.16. The van der Waals surface area contributed by atoms with Gasteiger partial charge < -0.3 is 9.84 Å². The number of benzene rings is 2. The molecule has 0 amide bonds. The fraction of sp³-hybridized carbons (Fsp3) is 0.458. The number of halogens is 4. The van der Waals surface area contributed by atoms with E-state index in [4.69, 9.17) is 9.84 Å². The Morgan fingerprint density at radius 1 is 1.09 bits per heavy atom. The Hall–Kier alpha value is -2.61. The number of rotatable bonds is 7. The zero-order valence-corrected chi connectivity index (χ0v) is 17.5. The monoisotopic (exact) mass is 451 g/mol. The van der Waals surface area contributed by atoms with Gasteiger partial charge in [0.05, 0.1) is 11.1 Å². The smallest absolute Gasteiger partial charge is 0.416 e. The summed E-state index contributed by atoms with van der Waals surface area (Å²) in [6, 6.07) is 9.79. The molecule has 0 radical (unpaired) electrons. The van der Waals surface area contributed by atoms with Crippen molar-refractivity contribution in [2.45, 2.75) is 50.0 Å². The summed E-state index contributed by atoms with van der Waals surface area (Å²) in [5.41, 5.74) is -0.390. The van der Waals surface area contributed by atoms with Crippen LogP contribution in [-0.2, 0) is 12.7 Å². The molecular weight excluding hydrogens is 426 g/mol. The summed E-state index contributed by atoms with van der Waals surface area (Å²) in [5.74, 6) is -0.317. The lowest BCUT2D eigenvalue weighted by Crippen LogP contribution is -2.44. The van der Waals surface area contributed by atoms with Crippen LogP contribution < -0.4 is 4.74 Å². The fourth-order valence-electron chi connectivity index (χ4n) is 4.12. The van der Waals surface area contributed by atoms with Crippen LogP contribution >= 0.6 is 0 Å². The first-order valence-electron chi connectivity index (χ1n) is 10.7. The molecule has 1 heterocycles. The summed E-state index contributed by atoms with van der Waals surface area (Å²) in [6.07, 6.45) is -1.95. The van der Waals surface area contributed by atoms with Crippen LogP contribution in [-0.4, -0.2) is 41.3 Å². The van der Waals surface area contributed by atoms with Crippen molar-refractivity contribution in [2.24, 2.45) is 0 Å². The third-order valence-electron chi connectivity index (χ3n) is 6.23. The number of piperidine rings is 1. The molecule has 8 heteroatoms. The molecule has 2 aliphatic rings. The normalized spacial score (nSPS) is 19.0. The van der Waals surface area contributed by atoms with Gasteiger partial charge in [0.25, 0.3) is 0 Å². The van der Waals surface area contributed by atoms with Crippen LogP contribution in [0.15, 0.2) is 42.5 Å². The average molecular weight is 451 g/mol. The highest BCUT2D eigenvalue weighted by Gasteiger charge is 2.37. The first-order chi connectivity index (χ1) is 15.1. The first-order valence-corrected chi connectivity index (χ1v) is 10.7. The molecule has 32 heavy (non-hydrogen) atoms. The molecule has 0 unspecified atom stereocenters. The maximum atomic E-state index is 15.2. The molecule has 0 spiro atoms. The van der Waals surface area contributed by atoms with Crippen LogP contribution in [0.2, 0.25) is 0 Å². The highest BCUT2D eigenvalue weighted by atomic mass is 19.4. The molecule has 1 aliphatic carbocycles. The topological polar surface area (TPSA) is 49.8 Å². The van der Waals surface area contributed by atoms with Gasteiger partial charge in [0.15, 0.2) is 0 Å². The number of carbonyl (C=O) groups is 1. The van der Waals surface area contributed by atoms with E-state index < -0.39 is 23.4 Å². The van der Waals surface area contributed by atoms with E-state index in [1.54, 1.807) is 6.07 Å². The van der Waals surface area contributed by atoms with Crippen molar-refractivity contribution in [3.8, 4) is 5.75 Å². The Bertz CT molecular complexity index is 962. The molecule has 1 saturated carbocycles. The van der Waals surface area contributed by atoms with E-state index >= 15 is 4.39 Å². The van der Waals surface area contributed by atoms with E-state index in [0.717, 1.165) is 24.5 Å². The molecule has 172 valence electrons. The number of likely N-dealkylation sites (tertiary alicyclic amines) is 1. The van der Waals surface area contributed by atoms with Gasteiger partial charge in [-0.25, -0.2) is 9.18 Å². The number of nitrogens with zero attached hydrogens (tertiary/aromatic N) is 1. The third-order valence-corrected chi connectivity index (χ3v) is 6.23. The van der Waals surface area contributed by atoms with Crippen LogP contribution in [0.1, 0.15) is 58.6 Å². The molecule has 2 aromatic carbocycles. The van der Waals surface area contributed by atoms with Gasteiger partial charge >= 0.3 is 12.1 Å². The van der Waals surface area contributed by atoms with Crippen LogP contribution in [0, 0.1) is 0 Å². The zero-order valence-electron chi connectivity index (χ0n) is 17.5. The maximum Gasteiger partial charge on any atom is 0.416 e. The number of carboxylic acids is 1. The van der Waals surface area contributed by atoms with Gasteiger partial charge in [0, 0.05) is 19.6 Å². The maximum absolute atomic E-state index is 15.2. The van der Waals surface area contributed by atoms with Gasteiger partial charge in [-0.15, -0.1) is 0 Å². The molecule has 4 rings (SSSR count). The quantitative estimate of drug-likeness (QED) is 0.552. The second-order valence-corrected chi connectivity index (χ2v) is 8.73. The van der Waals surface area contributed by atoms with Crippen molar-refractivity contribution in [3.63, 3.8) is 0 Å². The van der Waals surface area contributed by atoms with E-state index in [9.17, 15) is 18.0 Å². The lowest BCUT2D eigenvalue weighted by atomic mass is 9.93. The lowest BCUT2D eigenvalue weighted by molar-refractivity contribution is -0.137. The molecule has 0 aromatic heterocycles. The minimum absolute atomic E-state index is 0.126. The van der Waals surface area contributed by atoms with Crippen molar-refractivity contribution < 1.29 is 32.2 Å². The van der Waals surface area contributed by atoms with E-state index in [1.165, 1.54) is 30.3 Å². The number of hydrogen-bond donors (Lipinski definition) is 1. The molecule has 1 saturated heterocycles. The second-order valence-electron chi connectivity index (χ2n) is 8.73. The number of ether oxygens (including phenoxy) is 1. The van der Waals surface area contributed by atoms with Gasteiger partial charge in [0.1, 0.15) is 18.0 Å². The number of aromatic carboxylic acids is 1. The second kappa shape index (κ2) is 8.73. The first kappa shape index (κ1) is 22.6. The SMILES string of the molecule is O=C(O)c1ccc(OCC2(F)CCN(Cc3cc(C(F)(F)F)ccc3C3CC3)CC2)cc1. The molecule has 2 aromatic rings. The van der Waals surface area contributed by atoms with E-state index in [1.807, 2.05) is 4.90 Å². The summed E-state index contributed by atoms with van der Waals surface area (Å²) in [4.78, 5) is 12.9. The molecule has 0 bridgehead atoms. The van der Waals surface area contributed by atoms with E-state index in [2.05, 4.69) is 0 Å². The van der Waals surface area contributed by atoms with Crippen LogP contribution in [0.4, 0.5) is 17.6 Å². The van der Waals surface area contributed by atoms with Crippen molar-refractivity contribution in [2.75, 3.05) is 19.7 Å². The average Bonchev–Trinajstić information content (AvgIpc) is 3.59. The summed E-state index contributed by atoms with van der Waals surface area (Å²) in [5, 5.41) is 8.93. The third kappa shape index (κ3) is 5.41. The summed E-state index contributed by atoms with van der Waals surface area (Å²) < 4.78 is 60.3. The van der Waals surface area contributed by atoms with Gasteiger partial charge in [0.2, 0.25) is 0 Å². The van der Waals surface area contributed by atoms with Crippen LogP contribution in [0.3, 0.4) is 0 Å². The van der Waals surface area contributed by atoms with E-state index in [-0.39, 0.29) is 25.0 Å². The molecule has 1 N–H and O–H groups in total. The van der Waals surface area contributed by atoms with Crippen molar-refractivity contribution in [3.05, 3.63) is 64.7 Å². The van der Waals surface area contributed by atoms with Crippen LogP contribution in [0.25, 0.3) is 0 Å². The zero-order chi connectivity index (χ0) is 22.9. The molecule has 4 nitrogen and oxygen atoms in total. The molecular formula is C24H25F4NO3. The predicted molar refractivity (Wildman–Crippen MR) is 111 cm³/mol. The molecule has 0 atom stereocenters. The summed E-state index contributed by atoms with van der Waals surface area (Å²) in [6.45, 7) is 1.09. The molecule has 1 aliphatic heterocycles. The fourth-order valence-corrected chi connectivity index (χ4v) is 4.12. The van der Waals surface area contributed by atoms with Gasteiger partial charge in [-0.05, 0) is 79.1 Å². The van der Waals surface area contributed by atoms with Crippen molar-refractivity contribution >= 4 is 5.97 Å². The highest BCUT2D eigenvalue weighted by molar-refractivity contribution is 5.87.